The highest BCUT2D eigenvalue weighted by Gasteiger charge is 2.36. The molecule has 2 unspecified atom stereocenters. The van der Waals surface area contributed by atoms with Crippen molar-refractivity contribution >= 4 is 0 Å². The SMILES string of the molecule is CC(C)Cn1[nH]c2c(c1=O)C1CCC(C2)N1. The average molecular weight is 221 g/mol. The Morgan fingerprint density at radius 2 is 2.25 bits per heavy atom. The van der Waals surface area contributed by atoms with Crippen LogP contribution in [0.25, 0.3) is 0 Å². The van der Waals surface area contributed by atoms with Gasteiger partial charge in [0.2, 0.25) is 0 Å². The van der Waals surface area contributed by atoms with Crippen LogP contribution in [0, 0.1) is 5.92 Å². The fourth-order valence-corrected chi connectivity index (χ4v) is 3.01. The number of aromatic amines is 1. The lowest BCUT2D eigenvalue weighted by Crippen LogP contribution is -2.34. The van der Waals surface area contributed by atoms with E-state index in [-0.39, 0.29) is 5.56 Å². The van der Waals surface area contributed by atoms with Crippen molar-refractivity contribution in [2.75, 3.05) is 0 Å². The van der Waals surface area contributed by atoms with Gasteiger partial charge in [-0.1, -0.05) is 13.8 Å². The molecule has 0 aromatic carbocycles. The standard InChI is InChI=1S/C12H19N3O/c1-7(2)6-15-12(16)11-9-4-3-8(13-9)5-10(11)14-15/h7-9,13-14H,3-6H2,1-2H3. The highest BCUT2D eigenvalue weighted by Crippen LogP contribution is 2.33. The predicted molar refractivity (Wildman–Crippen MR) is 62.5 cm³/mol. The van der Waals surface area contributed by atoms with Gasteiger partial charge in [0.25, 0.3) is 5.56 Å². The molecule has 0 radical (unpaired) electrons. The molecule has 2 aliphatic rings. The first kappa shape index (κ1) is 10.1. The summed E-state index contributed by atoms with van der Waals surface area (Å²) < 4.78 is 1.79. The molecule has 3 heterocycles. The summed E-state index contributed by atoms with van der Waals surface area (Å²) in [4.78, 5) is 12.2. The van der Waals surface area contributed by atoms with E-state index in [1.807, 2.05) is 0 Å². The van der Waals surface area contributed by atoms with Crippen molar-refractivity contribution in [2.45, 2.75) is 51.7 Å². The molecule has 1 saturated heterocycles. The molecular formula is C12H19N3O. The minimum absolute atomic E-state index is 0.196. The first-order chi connectivity index (χ1) is 7.65. The molecule has 16 heavy (non-hydrogen) atoms. The van der Waals surface area contributed by atoms with Crippen molar-refractivity contribution in [2.24, 2.45) is 5.92 Å². The van der Waals surface area contributed by atoms with Crippen LogP contribution in [0.5, 0.6) is 0 Å². The highest BCUT2D eigenvalue weighted by molar-refractivity contribution is 5.28. The van der Waals surface area contributed by atoms with Crippen LogP contribution < -0.4 is 10.9 Å². The number of nitrogens with zero attached hydrogens (tertiary/aromatic N) is 1. The zero-order chi connectivity index (χ0) is 11.3. The summed E-state index contributed by atoms with van der Waals surface area (Å²) in [5, 5.41) is 6.82. The summed E-state index contributed by atoms with van der Waals surface area (Å²) in [6.07, 6.45) is 3.31. The van der Waals surface area contributed by atoms with E-state index >= 15 is 0 Å². The Labute approximate surface area is 95.0 Å². The number of aromatic nitrogens is 2. The normalized spacial score (nSPS) is 27.4. The van der Waals surface area contributed by atoms with Gasteiger partial charge >= 0.3 is 0 Å². The monoisotopic (exact) mass is 221 g/mol. The molecule has 2 bridgehead atoms. The number of nitrogens with one attached hydrogen (secondary N) is 2. The van der Waals surface area contributed by atoms with Crippen molar-refractivity contribution in [1.29, 1.82) is 0 Å². The summed E-state index contributed by atoms with van der Waals surface area (Å²) >= 11 is 0. The molecule has 2 atom stereocenters. The molecule has 0 amide bonds. The van der Waals surface area contributed by atoms with Gasteiger partial charge in [-0.05, 0) is 18.8 Å². The number of rotatable bonds is 2. The maximum Gasteiger partial charge on any atom is 0.271 e. The second-order valence-electron chi connectivity index (χ2n) is 5.51. The smallest absolute Gasteiger partial charge is 0.271 e. The minimum atomic E-state index is 0.196. The molecule has 88 valence electrons. The van der Waals surface area contributed by atoms with E-state index in [2.05, 4.69) is 24.3 Å². The van der Waals surface area contributed by atoms with Gasteiger partial charge in [-0.15, -0.1) is 0 Å². The molecule has 4 nitrogen and oxygen atoms in total. The Morgan fingerprint density at radius 1 is 1.44 bits per heavy atom. The summed E-state index contributed by atoms with van der Waals surface area (Å²) in [6, 6.07) is 0.897. The average Bonchev–Trinajstić information content (AvgIpc) is 2.71. The lowest BCUT2D eigenvalue weighted by atomic mass is 10.0. The van der Waals surface area contributed by atoms with Crippen LogP contribution in [0.3, 0.4) is 0 Å². The van der Waals surface area contributed by atoms with Gasteiger partial charge in [0.05, 0.1) is 5.56 Å². The van der Waals surface area contributed by atoms with Crippen molar-refractivity contribution in [3.05, 3.63) is 21.6 Å². The summed E-state index contributed by atoms with van der Waals surface area (Å²) in [7, 11) is 0. The van der Waals surface area contributed by atoms with Crippen LogP contribution >= 0.6 is 0 Å². The zero-order valence-corrected chi connectivity index (χ0v) is 9.92. The fraction of sp³-hybridized carbons (Fsp3) is 0.750. The zero-order valence-electron chi connectivity index (χ0n) is 9.92. The Kier molecular flexibility index (Phi) is 2.21. The van der Waals surface area contributed by atoms with Crippen molar-refractivity contribution in [1.82, 2.24) is 15.1 Å². The summed E-state index contributed by atoms with van der Waals surface area (Å²) in [6.45, 7) is 5.07. The number of fused-ring (bicyclic) bond motifs is 4. The summed E-state index contributed by atoms with van der Waals surface area (Å²) in [5.74, 6) is 0.503. The maximum atomic E-state index is 12.2. The van der Waals surface area contributed by atoms with Crippen LogP contribution in [0.1, 0.15) is 44.0 Å². The van der Waals surface area contributed by atoms with Crippen molar-refractivity contribution in [3.63, 3.8) is 0 Å². The first-order valence-electron chi connectivity index (χ1n) is 6.22. The molecule has 4 heteroatoms. The van der Waals surface area contributed by atoms with E-state index in [0.717, 1.165) is 24.9 Å². The molecule has 0 aliphatic carbocycles. The Hall–Kier alpha value is -1.03. The molecule has 0 saturated carbocycles. The minimum Gasteiger partial charge on any atom is -0.307 e. The maximum absolute atomic E-state index is 12.2. The second kappa shape index (κ2) is 3.48. The van der Waals surface area contributed by atoms with E-state index in [1.54, 1.807) is 4.68 Å². The highest BCUT2D eigenvalue weighted by atomic mass is 16.1. The third kappa shape index (κ3) is 1.44. The van der Waals surface area contributed by atoms with Crippen LogP contribution in [0.2, 0.25) is 0 Å². The molecule has 2 aliphatic heterocycles. The van der Waals surface area contributed by atoms with Gasteiger partial charge in [-0.3, -0.25) is 14.6 Å². The van der Waals surface area contributed by atoms with Crippen LogP contribution in [-0.4, -0.2) is 15.8 Å². The molecule has 0 spiro atoms. The van der Waals surface area contributed by atoms with Crippen LogP contribution in [-0.2, 0) is 13.0 Å². The van der Waals surface area contributed by atoms with Gasteiger partial charge in [0.15, 0.2) is 0 Å². The van der Waals surface area contributed by atoms with Crippen LogP contribution in [0.4, 0.5) is 0 Å². The van der Waals surface area contributed by atoms with E-state index in [9.17, 15) is 4.79 Å². The molecule has 1 aromatic heterocycles. The number of hydrogen-bond donors (Lipinski definition) is 2. The van der Waals surface area contributed by atoms with Crippen molar-refractivity contribution < 1.29 is 0 Å². The molecule has 3 rings (SSSR count). The fourth-order valence-electron chi connectivity index (χ4n) is 3.01. The van der Waals surface area contributed by atoms with E-state index < -0.39 is 0 Å². The van der Waals surface area contributed by atoms with E-state index in [1.165, 1.54) is 12.1 Å². The van der Waals surface area contributed by atoms with Gasteiger partial charge < -0.3 is 5.32 Å². The first-order valence-corrected chi connectivity index (χ1v) is 6.22. The summed E-state index contributed by atoms with van der Waals surface area (Å²) in [5.41, 5.74) is 2.38. The molecular weight excluding hydrogens is 202 g/mol. The Morgan fingerprint density at radius 3 is 3.00 bits per heavy atom. The predicted octanol–water partition coefficient (Wildman–Crippen LogP) is 1.18. The molecule has 1 aromatic rings. The van der Waals surface area contributed by atoms with E-state index in [0.29, 0.717) is 18.0 Å². The van der Waals surface area contributed by atoms with Gasteiger partial charge in [0, 0.05) is 30.7 Å². The van der Waals surface area contributed by atoms with Gasteiger partial charge in [0.1, 0.15) is 0 Å². The van der Waals surface area contributed by atoms with E-state index in [4.69, 9.17) is 0 Å². The largest absolute Gasteiger partial charge is 0.307 e. The van der Waals surface area contributed by atoms with Gasteiger partial charge in [-0.25, -0.2) is 0 Å². The number of hydrogen-bond acceptors (Lipinski definition) is 2. The third-order valence-electron chi connectivity index (χ3n) is 3.66. The van der Waals surface area contributed by atoms with Crippen molar-refractivity contribution in [3.8, 4) is 0 Å². The molecule has 2 N–H and O–H groups in total. The van der Waals surface area contributed by atoms with Crippen LogP contribution in [0.15, 0.2) is 4.79 Å². The Bertz CT molecular complexity index is 457. The molecule has 1 fully saturated rings. The second-order valence-corrected chi connectivity index (χ2v) is 5.51. The quantitative estimate of drug-likeness (QED) is 0.788. The number of H-pyrrole nitrogens is 1. The Balaban J connectivity index is 2.02. The van der Waals surface area contributed by atoms with Gasteiger partial charge in [-0.2, -0.15) is 0 Å². The lowest BCUT2D eigenvalue weighted by molar-refractivity contribution is 0.467. The third-order valence-corrected chi connectivity index (χ3v) is 3.66. The lowest BCUT2D eigenvalue weighted by Gasteiger charge is -2.19. The topological polar surface area (TPSA) is 49.8 Å².